The van der Waals surface area contributed by atoms with Crippen LogP contribution in [0.2, 0.25) is 0 Å². The minimum absolute atomic E-state index is 0.0978. The zero-order valence-electron chi connectivity index (χ0n) is 18.3. The van der Waals surface area contributed by atoms with Gasteiger partial charge in [0, 0.05) is 5.41 Å². The van der Waals surface area contributed by atoms with Crippen molar-refractivity contribution in [2.75, 3.05) is 0 Å². The van der Waals surface area contributed by atoms with Gasteiger partial charge in [0.15, 0.2) is 17.2 Å². The first kappa shape index (κ1) is 19.5. The summed E-state index contributed by atoms with van der Waals surface area (Å²) in [6.45, 7) is 10.5. The maximum atomic E-state index is 13.1. The molecule has 5 fully saturated rings. The molecule has 0 aromatic heterocycles. The van der Waals surface area contributed by atoms with Crippen molar-refractivity contribution in [3.05, 3.63) is 0 Å². The molecule has 1 aliphatic heterocycles. The Kier molecular flexibility index (Phi) is 4.06. The van der Waals surface area contributed by atoms with Crippen molar-refractivity contribution >= 4 is 5.78 Å². The van der Waals surface area contributed by atoms with Gasteiger partial charge in [0.1, 0.15) is 0 Å². The fraction of sp³-hybridized carbons (Fsp3) is 0.958. The van der Waals surface area contributed by atoms with Crippen LogP contribution in [0, 0.1) is 34.5 Å². The Morgan fingerprint density at radius 3 is 2.43 bits per heavy atom. The van der Waals surface area contributed by atoms with Gasteiger partial charge in [0.2, 0.25) is 0 Å². The molecular formula is C24H38O4. The van der Waals surface area contributed by atoms with Crippen LogP contribution in [0.5, 0.6) is 0 Å². The molecule has 1 heterocycles. The monoisotopic (exact) mass is 390 g/mol. The van der Waals surface area contributed by atoms with Crippen LogP contribution in [0.25, 0.3) is 0 Å². The molecule has 0 spiro atoms. The number of ketones is 1. The predicted molar refractivity (Wildman–Crippen MR) is 107 cm³/mol. The number of hydrogen-bond donors (Lipinski definition) is 1. The largest absolute Gasteiger partial charge is 0.393 e. The van der Waals surface area contributed by atoms with Crippen LogP contribution in [-0.4, -0.2) is 34.5 Å². The minimum atomic E-state index is -0.771. The number of fused-ring (bicyclic) bond motifs is 7. The summed E-state index contributed by atoms with van der Waals surface area (Å²) in [6.07, 6.45) is 8.57. The highest BCUT2D eigenvalue weighted by Crippen LogP contribution is 2.71. The van der Waals surface area contributed by atoms with Crippen LogP contribution in [0.15, 0.2) is 0 Å². The van der Waals surface area contributed by atoms with E-state index in [0.717, 1.165) is 32.1 Å². The van der Waals surface area contributed by atoms with Gasteiger partial charge in [-0.1, -0.05) is 13.8 Å². The Morgan fingerprint density at radius 1 is 0.964 bits per heavy atom. The van der Waals surface area contributed by atoms with Crippen molar-refractivity contribution in [1.82, 2.24) is 0 Å². The second kappa shape index (κ2) is 5.82. The number of hydrogen-bond acceptors (Lipinski definition) is 4. The molecule has 0 amide bonds. The van der Waals surface area contributed by atoms with Crippen molar-refractivity contribution < 1.29 is 19.4 Å². The topological polar surface area (TPSA) is 55.8 Å². The van der Waals surface area contributed by atoms with Crippen LogP contribution >= 0.6 is 0 Å². The molecule has 0 aromatic carbocycles. The number of carbonyl (C=O) groups excluding carboxylic acids is 1. The smallest absolute Gasteiger partial charge is 0.164 e. The lowest BCUT2D eigenvalue weighted by Crippen LogP contribution is -2.60. The number of Topliss-reactive ketones (excluding diaryl/α,β-unsaturated/α-hetero) is 1. The second-order valence-corrected chi connectivity index (χ2v) is 11.7. The Labute approximate surface area is 169 Å². The normalized spacial score (nSPS) is 57.1. The summed E-state index contributed by atoms with van der Waals surface area (Å²) < 4.78 is 12.9. The standard InChI is InChI=1S/C24H38O4/c1-14(25)24-20(27-21(2,3)28-24)13-19-17-7-6-15-12-16(26)8-10-22(15,4)18(17)9-11-23(19,24)5/h15-20,26H,6-13H2,1-5H3/t15-,16-,17-,18+,19+,20+,22-,23+,24-/m0/s1. The van der Waals surface area contributed by atoms with E-state index < -0.39 is 11.4 Å². The molecule has 0 aromatic rings. The van der Waals surface area contributed by atoms with Gasteiger partial charge in [0.05, 0.1) is 12.2 Å². The summed E-state index contributed by atoms with van der Waals surface area (Å²) in [5.74, 6) is 2.02. The van der Waals surface area contributed by atoms with E-state index in [0.29, 0.717) is 29.1 Å². The predicted octanol–water partition coefficient (Wildman–Crippen LogP) is 4.48. The van der Waals surface area contributed by atoms with E-state index in [1.807, 2.05) is 13.8 Å². The minimum Gasteiger partial charge on any atom is -0.393 e. The van der Waals surface area contributed by atoms with Gasteiger partial charge in [-0.3, -0.25) is 4.79 Å². The fourth-order valence-electron chi connectivity index (χ4n) is 8.98. The summed E-state index contributed by atoms with van der Waals surface area (Å²) >= 11 is 0. The van der Waals surface area contributed by atoms with Crippen LogP contribution in [0.1, 0.15) is 86.0 Å². The Morgan fingerprint density at radius 2 is 1.71 bits per heavy atom. The fourth-order valence-corrected chi connectivity index (χ4v) is 8.98. The molecule has 4 nitrogen and oxygen atoms in total. The van der Waals surface area contributed by atoms with E-state index in [9.17, 15) is 9.90 Å². The number of aliphatic hydroxyl groups excluding tert-OH is 1. The third-order valence-corrected chi connectivity index (χ3v) is 10.2. The Balaban J connectivity index is 1.50. The van der Waals surface area contributed by atoms with Crippen LogP contribution in [-0.2, 0) is 14.3 Å². The third-order valence-electron chi connectivity index (χ3n) is 10.2. The van der Waals surface area contributed by atoms with Crippen molar-refractivity contribution in [1.29, 1.82) is 0 Å². The number of rotatable bonds is 1. The lowest BCUT2D eigenvalue weighted by atomic mass is 9.44. The summed E-state index contributed by atoms with van der Waals surface area (Å²) in [6, 6.07) is 0. The molecule has 1 saturated heterocycles. The molecule has 4 saturated carbocycles. The lowest BCUT2D eigenvalue weighted by Gasteiger charge is -2.61. The highest BCUT2D eigenvalue weighted by Gasteiger charge is 2.75. The van der Waals surface area contributed by atoms with E-state index >= 15 is 0 Å². The van der Waals surface area contributed by atoms with Gasteiger partial charge in [-0.15, -0.1) is 0 Å². The molecule has 5 aliphatic rings. The lowest BCUT2D eigenvalue weighted by molar-refractivity contribution is -0.219. The second-order valence-electron chi connectivity index (χ2n) is 11.7. The van der Waals surface area contributed by atoms with Gasteiger partial charge in [-0.05, 0) is 101 Å². The molecule has 5 rings (SSSR count). The van der Waals surface area contributed by atoms with E-state index in [-0.39, 0.29) is 23.4 Å². The van der Waals surface area contributed by atoms with Crippen molar-refractivity contribution in [3.63, 3.8) is 0 Å². The summed E-state index contributed by atoms with van der Waals surface area (Å²) in [5.41, 5.74) is -0.548. The number of carbonyl (C=O) groups is 1. The molecule has 9 atom stereocenters. The van der Waals surface area contributed by atoms with E-state index in [4.69, 9.17) is 9.47 Å². The van der Waals surface area contributed by atoms with Crippen molar-refractivity contribution in [3.8, 4) is 0 Å². The van der Waals surface area contributed by atoms with Gasteiger partial charge in [-0.25, -0.2) is 0 Å². The average Bonchev–Trinajstić information content (AvgIpc) is 3.02. The van der Waals surface area contributed by atoms with Gasteiger partial charge < -0.3 is 14.6 Å². The highest BCUT2D eigenvalue weighted by molar-refractivity contribution is 5.88. The average molecular weight is 391 g/mol. The summed E-state index contributed by atoms with van der Waals surface area (Å²) in [5, 5.41) is 10.2. The summed E-state index contributed by atoms with van der Waals surface area (Å²) in [7, 11) is 0. The first-order chi connectivity index (χ1) is 13.0. The van der Waals surface area contributed by atoms with E-state index in [1.54, 1.807) is 6.92 Å². The van der Waals surface area contributed by atoms with Gasteiger partial charge >= 0.3 is 0 Å². The van der Waals surface area contributed by atoms with Crippen LogP contribution in [0.4, 0.5) is 0 Å². The third kappa shape index (κ3) is 2.26. The molecule has 0 bridgehead atoms. The first-order valence-corrected chi connectivity index (χ1v) is 11.6. The van der Waals surface area contributed by atoms with Crippen molar-refractivity contribution in [2.45, 2.75) is 110 Å². The zero-order valence-corrected chi connectivity index (χ0v) is 18.3. The molecule has 4 heteroatoms. The van der Waals surface area contributed by atoms with E-state index in [2.05, 4.69) is 13.8 Å². The van der Waals surface area contributed by atoms with Crippen molar-refractivity contribution in [2.24, 2.45) is 34.5 Å². The number of aliphatic hydroxyl groups is 1. The van der Waals surface area contributed by atoms with Gasteiger partial charge in [-0.2, -0.15) is 0 Å². The summed E-state index contributed by atoms with van der Waals surface area (Å²) in [4.78, 5) is 13.1. The van der Waals surface area contributed by atoms with Gasteiger partial charge in [0.25, 0.3) is 0 Å². The van der Waals surface area contributed by atoms with E-state index in [1.165, 1.54) is 19.3 Å². The quantitative estimate of drug-likeness (QED) is 0.717. The SMILES string of the molecule is CC(=O)[C@]12OC(C)(C)O[C@@H]1C[C@@H]1[C@H]3CC[C@H]4C[C@@H](O)CC[C@]4(C)[C@@H]3CC[C@]12C. The first-order valence-electron chi connectivity index (χ1n) is 11.6. The van der Waals surface area contributed by atoms with Crippen LogP contribution in [0.3, 0.4) is 0 Å². The molecule has 4 aliphatic carbocycles. The maximum absolute atomic E-state index is 13.1. The highest BCUT2D eigenvalue weighted by atomic mass is 16.8. The molecular weight excluding hydrogens is 352 g/mol. The number of ether oxygens (including phenoxy) is 2. The molecule has 1 N–H and O–H groups in total. The molecule has 0 unspecified atom stereocenters. The van der Waals surface area contributed by atoms with Crippen LogP contribution < -0.4 is 0 Å². The Hall–Kier alpha value is -0.450. The molecule has 0 radical (unpaired) electrons. The molecule has 28 heavy (non-hydrogen) atoms. The maximum Gasteiger partial charge on any atom is 0.164 e. The molecule has 158 valence electrons. The zero-order chi connectivity index (χ0) is 20.1. The Bertz CT molecular complexity index is 688.